The molecule has 1 aromatic heterocycles. The van der Waals surface area contributed by atoms with Gasteiger partial charge >= 0.3 is 0 Å². The van der Waals surface area contributed by atoms with E-state index in [-0.39, 0.29) is 25.3 Å². The highest BCUT2D eigenvalue weighted by Crippen LogP contribution is 2.36. The van der Waals surface area contributed by atoms with Crippen molar-refractivity contribution < 1.29 is 23.5 Å². The van der Waals surface area contributed by atoms with Crippen molar-refractivity contribution in [2.24, 2.45) is 0 Å². The van der Waals surface area contributed by atoms with Gasteiger partial charge in [-0.15, -0.1) is 0 Å². The Balaban J connectivity index is 1.37. The van der Waals surface area contributed by atoms with Gasteiger partial charge < -0.3 is 24.1 Å². The summed E-state index contributed by atoms with van der Waals surface area (Å²) in [6.45, 7) is 4.39. The second-order valence-corrected chi connectivity index (χ2v) is 6.62. The van der Waals surface area contributed by atoms with Gasteiger partial charge in [-0.05, 0) is 56.3 Å². The molecule has 0 bridgehead atoms. The van der Waals surface area contributed by atoms with Crippen LogP contribution in [0.5, 0.6) is 17.2 Å². The average molecular weight is 380 g/mol. The van der Waals surface area contributed by atoms with Gasteiger partial charge in [0.05, 0.1) is 12.6 Å². The smallest absolute Gasteiger partial charge is 0.251 e. The summed E-state index contributed by atoms with van der Waals surface area (Å²) in [7, 11) is 0. The molecular formula is C21H20N2O5. The summed E-state index contributed by atoms with van der Waals surface area (Å²) in [5.41, 5.74) is 2.01. The Hall–Kier alpha value is -3.48. The number of aromatic nitrogens is 1. The van der Waals surface area contributed by atoms with Gasteiger partial charge in [-0.2, -0.15) is 0 Å². The number of fused-ring (bicyclic) bond motifs is 1. The molecule has 1 aliphatic heterocycles. The van der Waals surface area contributed by atoms with Crippen molar-refractivity contribution in [3.63, 3.8) is 0 Å². The lowest BCUT2D eigenvalue weighted by Crippen LogP contribution is -2.22. The lowest BCUT2D eigenvalue weighted by atomic mass is 10.1. The van der Waals surface area contributed by atoms with Crippen LogP contribution in [-0.2, 0) is 6.54 Å². The maximum absolute atomic E-state index is 12.3. The third kappa shape index (κ3) is 3.93. The number of ether oxygens (including phenoxy) is 3. The number of carbonyl (C=O) groups excluding carboxylic acids is 1. The number of rotatable bonds is 6. The predicted molar refractivity (Wildman–Crippen MR) is 101 cm³/mol. The Morgan fingerprint density at radius 1 is 1.11 bits per heavy atom. The van der Waals surface area contributed by atoms with Crippen molar-refractivity contribution in [2.75, 3.05) is 6.79 Å². The molecule has 1 amide bonds. The summed E-state index contributed by atoms with van der Waals surface area (Å²) in [5, 5.41) is 6.85. The van der Waals surface area contributed by atoms with Crippen molar-refractivity contribution in [3.05, 3.63) is 59.8 Å². The van der Waals surface area contributed by atoms with E-state index in [1.165, 1.54) is 0 Å². The van der Waals surface area contributed by atoms with Crippen LogP contribution in [0.2, 0.25) is 0 Å². The number of nitrogens with one attached hydrogen (secondary N) is 1. The molecule has 0 atom stereocenters. The number of hydrogen-bond acceptors (Lipinski definition) is 6. The minimum atomic E-state index is -0.191. The lowest BCUT2D eigenvalue weighted by molar-refractivity contribution is 0.0950. The summed E-state index contributed by atoms with van der Waals surface area (Å²) in [5.74, 6) is 2.52. The van der Waals surface area contributed by atoms with Gasteiger partial charge in [0.2, 0.25) is 6.79 Å². The fourth-order valence-electron chi connectivity index (χ4n) is 2.81. The maximum Gasteiger partial charge on any atom is 0.251 e. The third-order valence-electron chi connectivity index (χ3n) is 4.13. The molecule has 0 fully saturated rings. The SMILES string of the molecule is CC(C)Oc1ccc(C(=O)NCc2cc(-c3ccc4c(c3)OCO4)on2)cc1. The molecular weight excluding hydrogens is 360 g/mol. The molecule has 0 spiro atoms. The third-order valence-corrected chi connectivity index (χ3v) is 4.13. The van der Waals surface area contributed by atoms with Gasteiger partial charge in [0.1, 0.15) is 11.4 Å². The summed E-state index contributed by atoms with van der Waals surface area (Å²) < 4.78 is 21.6. The molecule has 0 aliphatic carbocycles. The molecule has 1 aliphatic rings. The van der Waals surface area contributed by atoms with Gasteiger partial charge in [-0.3, -0.25) is 4.79 Å². The topological polar surface area (TPSA) is 82.8 Å². The van der Waals surface area contributed by atoms with Gasteiger partial charge in [-0.25, -0.2) is 0 Å². The lowest BCUT2D eigenvalue weighted by Gasteiger charge is -2.10. The number of amides is 1. The zero-order valence-corrected chi connectivity index (χ0v) is 15.6. The highest BCUT2D eigenvalue weighted by atomic mass is 16.7. The van der Waals surface area contributed by atoms with E-state index in [2.05, 4.69) is 10.5 Å². The molecule has 3 aromatic rings. The summed E-state index contributed by atoms with van der Waals surface area (Å²) in [6.07, 6.45) is 0.0887. The van der Waals surface area contributed by atoms with Crippen LogP contribution in [-0.4, -0.2) is 24.0 Å². The standard InChI is InChI=1S/C21H20N2O5/c1-13(2)27-17-6-3-14(4-7-17)21(24)22-11-16-10-19(28-23-16)15-5-8-18-20(9-15)26-12-25-18/h3-10,13H,11-12H2,1-2H3,(H,22,24). The molecule has 0 radical (unpaired) electrons. The summed E-state index contributed by atoms with van der Waals surface area (Å²) in [4.78, 5) is 12.3. The van der Waals surface area contributed by atoms with E-state index in [1.807, 2.05) is 32.0 Å². The first-order valence-electron chi connectivity index (χ1n) is 8.99. The van der Waals surface area contributed by atoms with E-state index in [1.54, 1.807) is 30.3 Å². The fraction of sp³-hybridized carbons (Fsp3) is 0.238. The molecule has 0 saturated heterocycles. The quantitative estimate of drug-likeness (QED) is 0.701. The summed E-state index contributed by atoms with van der Waals surface area (Å²) in [6, 6.07) is 14.3. The Morgan fingerprint density at radius 2 is 1.89 bits per heavy atom. The molecule has 144 valence electrons. The average Bonchev–Trinajstić information content (AvgIpc) is 3.35. The molecule has 7 heteroatoms. The predicted octanol–water partition coefficient (Wildman–Crippen LogP) is 3.79. The number of nitrogens with zero attached hydrogens (tertiary/aromatic N) is 1. The minimum Gasteiger partial charge on any atom is -0.491 e. The van der Waals surface area contributed by atoms with E-state index in [0.717, 1.165) is 11.3 Å². The number of hydrogen-bond donors (Lipinski definition) is 1. The van der Waals surface area contributed by atoms with Crippen LogP contribution in [0.4, 0.5) is 0 Å². The molecule has 0 saturated carbocycles. The molecule has 7 nitrogen and oxygen atoms in total. The highest BCUT2D eigenvalue weighted by Gasteiger charge is 2.16. The monoisotopic (exact) mass is 380 g/mol. The molecule has 2 aromatic carbocycles. The zero-order chi connectivity index (χ0) is 19.5. The van der Waals surface area contributed by atoms with Crippen molar-refractivity contribution in [1.29, 1.82) is 0 Å². The Kier molecular flexibility index (Phi) is 4.89. The van der Waals surface area contributed by atoms with E-state index < -0.39 is 0 Å². The van der Waals surface area contributed by atoms with E-state index in [4.69, 9.17) is 18.7 Å². The van der Waals surface area contributed by atoms with Crippen LogP contribution in [0.1, 0.15) is 29.9 Å². The van der Waals surface area contributed by atoms with Crippen molar-refractivity contribution >= 4 is 5.91 Å². The first-order valence-corrected chi connectivity index (χ1v) is 8.99. The van der Waals surface area contributed by atoms with Gasteiger partial charge in [0, 0.05) is 17.2 Å². The van der Waals surface area contributed by atoms with Crippen LogP contribution in [0.15, 0.2) is 53.1 Å². The van der Waals surface area contributed by atoms with Crippen molar-refractivity contribution in [1.82, 2.24) is 10.5 Å². The first-order chi connectivity index (χ1) is 13.6. The number of benzene rings is 2. The van der Waals surface area contributed by atoms with Crippen LogP contribution in [0, 0.1) is 0 Å². The van der Waals surface area contributed by atoms with E-state index in [0.29, 0.717) is 28.5 Å². The van der Waals surface area contributed by atoms with E-state index in [9.17, 15) is 4.79 Å². The van der Waals surface area contributed by atoms with Crippen LogP contribution in [0.3, 0.4) is 0 Å². The first kappa shape index (κ1) is 17.9. The van der Waals surface area contributed by atoms with Gasteiger partial charge in [0.25, 0.3) is 5.91 Å². The van der Waals surface area contributed by atoms with Crippen LogP contribution >= 0.6 is 0 Å². The molecule has 28 heavy (non-hydrogen) atoms. The largest absolute Gasteiger partial charge is 0.491 e. The Labute approximate surface area is 162 Å². The van der Waals surface area contributed by atoms with E-state index >= 15 is 0 Å². The fourth-order valence-corrected chi connectivity index (χ4v) is 2.81. The van der Waals surface area contributed by atoms with Crippen LogP contribution < -0.4 is 19.5 Å². The van der Waals surface area contributed by atoms with Gasteiger partial charge in [-0.1, -0.05) is 5.16 Å². The van der Waals surface area contributed by atoms with Crippen molar-refractivity contribution in [2.45, 2.75) is 26.5 Å². The Bertz CT molecular complexity index is 979. The Morgan fingerprint density at radius 3 is 2.68 bits per heavy atom. The molecule has 1 N–H and O–H groups in total. The van der Waals surface area contributed by atoms with Gasteiger partial charge in [0.15, 0.2) is 17.3 Å². The molecule has 0 unspecified atom stereocenters. The summed E-state index contributed by atoms with van der Waals surface area (Å²) >= 11 is 0. The minimum absolute atomic E-state index is 0.0887. The normalized spacial score (nSPS) is 12.2. The van der Waals surface area contributed by atoms with Crippen LogP contribution in [0.25, 0.3) is 11.3 Å². The molecule has 4 rings (SSSR count). The number of carbonyl (C=O) groups is 1. The highest BCUT2D eigenvalue weighted by molar-refractivity contribution is 5.94. The maximum atomic E-state index is 12.3. The molecule has 2 heterocycles. The second-order valence-electron chi connectivity index (χ2n) is 6.62. The second kappa shape index (κ2) is 7.64. The zero-order valence-electron chi connectivity index (χ0n) is 15.6. The van der Waals surface area contributed by atoms with Crippen molar-refractivity contribution in [3.8, 4) is 28.6 Å².